The van der Waals surface area contributed by atoms with E-state index >= 15 is 0 Å². The molecule has 0 spiro atoms. The second-order valence-electron chi connectivity index (χ2n) is 5.98. The lowest BCUT2D eigenvalue weighted by Crippen LogP contribution is -2.32. The minimum absolute atomic E-state index is 0.0319. The first kappa shape index (κ1) is 15.6. The van der Waals surface area contributed by atoms with E-state index in [9.17, 15) is 4.79 Å². The molecule has 1 fully saturated rings. The van der Waals surface area contributed by atoms with E-state index in [4.69, 9.17) is 9.26 Å². The van der Waals surface area contributed by atoms with E-state index < -0.39 is 0 Å². The highest BCUT2D eigenvalue weighted by Crippen LogP contribution is 2.33. The Bertz CT molecular complexity index is 844. The third-order valence-corrected chi connectivity index (χ3v) is 4.48. The molecule has 4 rings (SSSR count). The maximum Gasteiger partial charge on any atom is 0.293 e. The fourth-order valence-corrected chi connectivity index (χ4v) is 3.17. The van der Waals surface area contributed by atoms with E-state index in [-0.39, 0.29) is 23.8 Å². The lowest BCUT2D eigenvalue weighted by atomic mass is 10.1. The zero-order chi connectivity index (χ0) is 17.2. The molecule has 1 amide bonds. The SMILES string of the molecule is CO[C@@H]1CC(c2ncc[nH]2)N(C(=O)c2cc(-c3ccccc3)no2)C1. The Hall–Kier alpha value is -2.93. The number of ether oxygens (including phenoxy) is 1. The summed E-state index contributed by atoms with van der Waals surface area (Å²) < 4.78 is 10.8. The number of hydrogen-bond donors (Lipinski definition) is 1. The Balaban J connectivity index is 1.60. The Morgan fingerprint density at radius 1 is 1.36 bits per heavy atom. The molecule has 1 aliphatic heterocycles. The van der Waals surface area contributed by atoms with Gasteiger partial charge in [0.05, 0.1) is 12.1 Å². The predicted octanol–water partition coefficient (Wildman–Crippen LogP) is 2.67. The second kappa shape index (κ2) is 6.52. The molecular weight excluding hydrogens is 320 g/mol. The molecule has 0 aliphatic carbocycles. The first-order chi connectivity index (χ1) is 12.3. The summed E-state index contributed by atoms with van der Waals surface area (Å²) in [6.07, 6.45) is 4.09. The molecule has 1 aromatic carbocycles. The van der Waals surface area contributed by atoms with Crippen LogP contribution in [0.5, 0.6) is 0 Å². The summed E-state index contributed by atoms with van der Waals surface area (Å²) >= 11 is 0. The normalized spacial score (nSPS) is 20.1. The minimum atomic E-state index is -0.212. The number of nitrogens with zero attached hydrogens (tertiary/aromatic N) is 3. The van der Waals surface area contributed by atoms with Crippen molar-refractivity contribution in [3.05, 3.63) is 60.4 Å². The van der Waals surface area contributed by atoms with Crippen LogP contribution in [0.1, 0.15) is 28.8 Å². The summed E-state index contributed by atoms with van der Waals surface area (Å²) in [5, 5.41) is 4.03. The van der Waals surface area contributed by atoms with Crippen molar-refractivity contribution in [2.75, 3.05) is 13.7 Å². The van der Waals surface area contributed by atoms with Gasteiger partial charge in [0.1, 0.15) is 11.5 Å². The van der Waals surface area contributed by atoms with Crippen LogP contribution in [-0.4, -0.2) is 45.7 Å². The number of imidazole rings is 1. The first-order valence-corrected chi connectivity index (χ1v) is 8.11. The molecule has 128 valence electrons. The number of nitrogens with one attached hydrogen (secondary N) is 1. The molecule has 7 heteroatoms. The van der Waals surface area contributed by atoms with Crippen molar-refractivity contribution in [3.63, 3.8) is 0 Å². The Morgan fingerprint density at radius 3 is 2.92 bits per heavy atom. The summed E-state index contributed by atoms with van der Waals surface area (Å²) in [5.41, 5.74) is 1.55. The molecule has 1 unspecified atom stereocenters. The van der Waals surface area contributed by atoms with Gasteiger partial charge in [0.2, 0.25) is 5.76 Å². The first-order valence-electron chi connectivity index (χ1n) is 8.11. The standard InChI is InChI=1S/C18H18N4O3/c1-24-13-9-15(17-19-7-8-20-17)22(11-13)18(23)16-10-14(21-25-16)12-5-3-2-4-6-12/h2-8,10,13,15H,9,11H2,1H3,(H,19,20)/t13-,15?/m1/s1. The maximum atomic E-state index is 13.0. The van der Waals surface area contributed by atoms with Crippen molar-refractivity contribution in [1.82, 2.24) is 20.0 Å². The van der Waals surface area contributed by atoms with Gasteiger partial charge in [-0.2, -0.15) is 0 Å². The van der Waals surface area contributed by atoms with Gasteiger partial charge in [-0.3, -0.25) is 4.79 Å². The third kappa shape index (κ3) is 2.94. The lowest BCUT2D eigenvalue weighted by molar-refractivity contribution is 0.0645. The van der Waals surface area contributed by atoms with Gasteiger partial charge in [-0.15, -0.1) is 0 Å². The second-order valence-corrected chi connectivity index (χ2v) is 5.98. The van der Waals surface area contributed by atoms with Gasteiger partial charge < -0.3 is 19.1 Å². The molecule has 0 saturated carbocycles. The molecular formula is C18H18N4O3. The Kier molecular flexibility index (Phi) is 4.07. The number of likely N-dealkylation sites (tertiary alicyclic amines) is 1. The summed E-state index contributed by atoms with van der Waals surface area (Å²) in [6.45, 7) is 0.488. The summed E-state index contributed by atoms with van der Waals surface area (Å²) in [6, 6.07) is 11.1. The van der Waals surface area contributed by atoms with Crippen molar-refractivity contribution in [1.29, 1.82) is 0 Å². The molecule has 1 aliphatic rings. The quantitative estimate of drug-likeness (QED) is 0.790. The average molecular weight is 338 g/mol. The molecule has 7 nitrogen and oxygen atoms in total. The van der Waals surface area contributed by atoms with Gasteiger partial charge in [0, 0.05) is 44.1 Å². The Morgan fingerprint density at radius 2 is 2.20 bits per heavy atom. The monoisotopic (exact) mass is 338 g/mol. The highest BCUT2D eigenvalue weighted by Gasteiger charge is 2.39. The number of hydrogen-bond acceptors (Lipinski definition) is 5. The van der Waals surface area contributed by atoms with E-state index in [2.05, 4.69) is 15.1 Å². The van der Waals surface area contributed by atoms with Gasteiger partial charge >= 0.3 is 0 Å². The van der Waals surface area contributed by atoms with Crippen LogP contribution in [0.25, 0.3) is 11.3 Å². The number of carbonyl (C=O) groups is 1. The molecule has 2 atom stereocenters. The van der Waals surface area contributed by atoms with E-state index in [0.29, 0.717) is 18.7 Å². The molecule has 3 heterocycles. The van der Waals surface area contributed by atoms with Crippen LogP contribution in [0.4, 0.5) is 0 Å². The molecule has 2 aromatic heterocycles. The fraction of sp³-hybridized carbons (Fsp3) is 0.278. The van der Waals surface area contributed by atoms with Crippen molar-refractivity contribution in [3.8, 4) is 11.3 Å². The van der Waals surface area contributed by atoms with Crippen LogP contribution in [-0.2, 0) is 4.74 Å². The highest BCUT2D eigenvalue weighted by molar-refractivity contribution is 5.93. The van der Waals surface area contributed by atoms with Gasteiger partial charge in [0.25, 0.3) is 5.91 Å². The van der Waals surface area contributed by atoms with E-state index in [1.165, 1.54) is 0 Å². The number of aromatic nitrogens is 3. The largest absolute Gasteiger partial charge is 0.380 e. The van der Waals surface area contributed by atoms with Crippen molar-refractivity contribution >= 4 is 5.91 Å². The molecule has 1 saturated heterocycles. The smallest absolute Gasteiger partial charge is 0.293 e. The Labute approximate surface area is 144 Å². The average Bonchev–Trinajstić information content (AvgIpc) is 3.41. The van der Waals surface area contributed by atoms with Gasteiger partial charge in [0.15, 0.2) is 0 Å². The molecule has 0 bridgehead atoms. The van der Waals surface area contributed by atoms with Crippen LogP contribution in [0, 0.1) is 0 Å². The minimum Gasteiger partial charge on any atom is -0.380 e. The number of benzene rings is 1. The van der Waals surface area contributed by atoms with Crippen molar-refractivity contribution in [2.24, 2.45) is 0 Å². The lowest BCUT2D eigenvalue weighted by Gasteiger charge is -2.21. The molecule has 0 radical (unpaired) electrons. The number of H-pyrrole nitrogens is 1. The number of rotatable bonds is 4. The van der Waals surface area contributed by atoms with Crippen LogP contribution in [0.3, 0.4) is 0 Å². The topological polar surface area (TPSA) is 84.2 Å². The molecule has 25 heavy (non-hydrogen) atoms. The molecule has 1 N–H and O–H groups in total. The van der Waals surface area contributed by atoms with Crippen molar-refractivity contribution < 1.29 is 14.1 Å². The predicted molar refractivity (Wildman–Crippen MR) is 89.7 cm³/mol. The third-order valence-electron chi connectivity index (χ3n) is 4.48. The number of carbonyl (C=O) groups excluding carboxylic acids is 1. The van der Waals surface area contributed by atoms with Gasteiger partial charge in [-0.1, -0.05) is 35.5 Å². The highest BCUT2D eigenvalue weighted by atomic mass is 16.5. The van der Waals surface area contributed by atoms with E-state index in [0.717, 1.165) is 11.4 Å². The van der Waals surface area contributed by atoms with Crippen LogP contribution >= 0.6 is 0 Å². The summed E-state index contributed by atoms with van der Waals surface area (Å²) in [4.78, 5) is 22.1. The van der Waals surface area contributed by atoms with Crippen LogP contribution < -0.4 is 0 Å². The number of methoxy groups -OCH3 is 1. The number of amides is 1. The summed E-state index contributed by atoms with van der Waals surface area (Å²) in [5.74, 6) is 0.749. The van der Waals surface area contributed by atoms with Crippen molar-refractivity contribution in [2.45, 2.75) is 18.6 Å². The van der Waals surface area contributed by atoms with E-state index in [1.54, 1.807) is 30.5 Å². The van der Waals surface area contributed by atoms with Crippen LogP contribution in [0.2, 0.25) is 0 Å². The van der Waals surface area contributed by atoms with Crippen LogP contribution in [0.15, 0.2) is 53.3 Å². The number of aromatic amines is 1. The maximum absolute atomic E-state index is 13.0. The zero-order valence-corrected chi connectivity index (χ0v) is 13.8. The van der Waals surface area contributed by atoms with Gasteiger partial charge in [-0.05, 0) is 0 Å². The van der Waals surface area contributed by atoms with Gasteiger partial charge in [-0.25, -0.2) is 4.98 Å². The fourth-order valence-electron chi connectivity index (χ4n) is 3.17. The summed E-state index contributed by atoms with van der Waals surface area (Å²) in [7, 11) is 1.65. The molecule has 3 aromatic rings. The zero-order valence-electron chi connectivity index (χ0n) is 13.8. The van der Waals surface area contributed by atoms with E-state index in [1.807, 2.05) is 30.3 Å².